The van der Waals surface area contributed by atoms with Gasteiger partial charge in [0.25, 0.3) is 11.8 Å². The van der Waals surface area contributed by atoms with E-state index in [2.05, 4.69) is 12.2 Å². The first-order valence-corrected chi connectivity index (χ1v) is 7.82. The Bertz CT molecular complexity index is 591. The van der Waals surface area contributed by atoms with Crippen LogP contribution in [0.15, 0.2) is 24.3 Å². The number of hydrogen-bond acceptors (Lipinski definition) is 3. The second kappa shape index (κ2) is 5.91. The lowest BCUT2D eigenvalue weighted by Crippen LogP contribution is -2.46. The van der Waals surface area contributed by atoms with Gasteiger partial charge in [0.15, 0.2) is 0 Å². The summed E-state index contributed by atoms with van der Waals surface area (Å²) in [6, 6.07) is 6.83. The number of amides is 3. The fraction of sp³-hybridized carbons (Fsp3) is 0.471. The van der Waals surface area contributed by atoms with Crippen molar-refractivity contribution >= 4 is 17.7 Å². The first-order valence-electron chi connectivity index (χ1n) is 7.82. The lowest BCUT2D eigenvalue weighted by molar-refractivity contribution is -0.122. The van der Waals surface area contributed by atoms with Gasteiger partial charge in [0.05, 0.1) is 11.1 Å². The number of rotatable bonds is 3. The molecule has 116 valence electrons. The highest BCUT2D eigenvalue weighted by atomic mass is 16.2. The van der Waals surface area contributed by atoms with Crippen LogP contribution < -0.4 is 5.32 Å². The third-order valence-electron chi connectivity index (χ3n) is 4.64. The summed E-state index contributed by atoms with van der Waals surface area (Å²) in [7, 11) is 0. The van der Waals surface area contributed by atoms with E-state index < -0.39 is 0 Å². The van der Waals surface area contributed by atoms with Gasteiger partial charge in [0, 0.05) is 6.04 Å². The van der Waals surface area contributed by atoms with Gasteiger partial charge in [-0.05, 0) is 30.9 Å². The van der Waals surface area contributed by atoms with Crippen LogP contribution in [0.2, 0.25) is 0 Å². The number of benzene rings is 1. The van der Waals surface area contributed by atoms with Crippen LogP contribution in [0.3, 0.4) is 0 Å². The molecule has 1 aliphatic carbocycles. The van der Waals surface area contributed by atoms with Crippen LogP contribution in [-0.4, -0.2) is 35.2 Å². The zero-order valence-electron chi connectivity index (χ0n) is 12.7. The van der Waals surface area contributed by atoms with E-state index >= 15 is 0 Å². The molecule has 1 aromatic carbocycles. The smallest absolute Gasteiger partial charge is 0.262 e. The van der Waals surface area contributed by atoms with Crippen molar-refractivity contribution in [2.24, 2.45) is 5.92 Å². The van der Waals surface area contributed by atoms with Crippen LogP contribution in [0.4, 0.5) is 0 Å². The molecule has 3 rings (SSSR count). The number of imide groups is 1. The first kappa shape index (κ1) is 14.8. The number of carbonyl (C=O) groups excluding carboxylic acids is 3. The molecule has 22 heavy (non-hydrogen) atoms. The topological polar surface area (TPSA) is 66.5 Å². The van der Waals surface area contributed by atoms with E-state index in [-0.39, 0.29) is 30.3 Å². The van der Waals surface area contributed by atoms with E-state index in [9.17, 15) is 14.4 Å². The van der Waals surface area contributed by atoms with E-state index in [4.69, 9.17) is 0 Å². The minimum atomic E-state index is -0.382. The van der Waals surface area contributed by atoms with Crippen molar-refractivity contribution in [1.29, 1.82) is 0 Å². The molecule has 0 aromatic heterocycles. The zero-order valence-corrected chi connectivity index (χ0v) is 12.7. The molecule has 1 aromatic rings. The SMILES string of the molecule is C[C@H]1CCCC[C@H]1NC(=O)CN1C(=O)c2ccccc2C1=O. The molecule has 0 unspecified atom stereocenters. The summed E-state index contributed by atoms with van der Waals surface area (Å²) in [5.41, 5.74) is 0.762. The number of nitrogens with zero attached hydrogens (tertiary/aromatic N) is 1. The Morgan fingerprint density at radius 3 is 2.32 bits per heavy atom. The molecule has 0 spiro atoms. The van der Waals surface area contributed by atoms with Gasteiger partial charge in [-0.3, -0.25) is 19.3 Å². The summed E-state index contributed by atoms with van der Waals surface area (Å²) < 4.78 is 0. The molecule has 0 saturated heterocycles. The van der Waals surface area contributed by atoms with Crippen LogP contribution in [0.1, 0.15) is 53.3 Å². The van der Waals surface area contributed by atoms with Crippen molar-refractivity contribution in [2.45, 2.75) is 38.6 Å². The third-order valence-corrected chi connectivity index (χ3v) is 4.64. The van der Waals surface area contributed by atoms with E-state index in [0.717, 1.165) is 24.2 Å². The number of nitrogens with one attached hydrogen (secondary N) is 1. The van der Waals surface area contributed by atoms with Gasteiger partial charge < -0.3 is 5.32 Å². The number of fused-ring (bicyclic) bond motifs is 1. The van der Waals surface area contributed by atoms with E-state index in [1.807, 2.05) is 0 Å². The fourth-order valence-corrected chi connectivity index (χ4v) is 3.31. The Morgan fingerprint density at radius 2 is 1.73 bits per heavy atom. The van der Waals surface area contributed by atoms with Crippen LogP contribution in [0.25, 0.3) is 0 Å². The lowest BCUT2D eigenvalue weighted by Gasteiger charge is -2.30. The molecule has 1 fully saturated rings. The Labute approximate surface area is 129 Å². The summed E-state index contributed by atoms with van der Waals surface area (Å²) in [4.78, 5) is 37.7. The largest absolute Gasteiger partial charge is 0.352 e. The van der Waals surface area contributed by atoms with Gasteiger partial charge in [0.2, 0.25) is 5.91 Å². The van der Waals surface area contributed by atoms with E-state index in [0.29, 0.717) is 17.0 Å². The number of hydrogen-bond donors (Lipinski definition) is 1. The molecular formula is C17H20N2O3. The average molecular weight is 300 g/mol. The van der Waals surface area contributed by atoms with Crippen molar-refractivity contribution in [3.05, 3.63) is 35.4 Å². The molecule has 0 radical (unpaired) electrons. The van der Waals surface area contributed by atoms with Crippen LogP contribution in [-0.2, 0) is 4.79 Å². The van der Waals surface area contributed by atoms with Crippen LogP contribution in [0.5, 0.6) is 0 Å². The fourth-order valence-electron chi connectivity index (χ4n) is 3.31. The third kappa shape index (κ3) is 2.63. The zero-order chi connectivity index (χ0) is 15.7. The predicted molar refractivity (Wildman–Crippen MR) is 81.4 cm³/mol. The van der Waals surface area contributed by atoms with Gasteiger partial charge in [-0.1, -0.05) is 31.9 Å². The Kier molecular flexibility index (Phi) is 3.96. The van der Waals surface area contributed by atoms with Gasteiger partial charge in [-0.25, -0.2) is 0 Å². The van der Waals surface area contributed by atoms with E-state index in [1.54, 1.807) is 24.3 Å². The molecule has 1 heterocycles. The first-order chi connectivity index (χ1) is 10.6. The summed E-state index contributed by atoms with van der Waals surface area (Å²) in [6.45, 7) is 1.93. The monoisotopic (exact) mass is 300 g/mol. The van der Waals surface area contributed by atoms with Crippen molar-refractivity contribution < 1.29 is 14.4 Å². The summed E-state index contributed by atoms with van der Waals surface area (Å²) in [6.07, 6.45) is 4.39. The Balaban J connectivity index is 1.65. The Hall–Kier alpha value is -2.17. The molecule has 1 aliphatic heterocycles. The molecular weight excluding hydrogens is 280 g/mol. The minimum absolute atomic E-state index is 0.149. The van der Waals surface area contributed by atoms with Gasteiger partial charge >= 0.3 is 0 Å². The van der Waals surface area contributed by atoms with Gasteiger partial charge in [-0.2, -0.15) is 0 Å². The maximum Gasteiger partial charge on any atom is 0.262 e. The average Bonchev–Trinajstić information content (AvgIpc) is 2.75. The molecule has 1 N–H and O–H groups in total. The second-order valence-electron chi connectivity index (χ2n) is 6.18. The molecule has 2 aliphatic rings. The van der Waals surface area contributed by atoms with Crippen molar-refractivity contribution in [3.63, 3.8) is 0 Å². The molecule has 2 atom stereocenters. The predicted octanol–water partition coefficient (Wildman–Crippen LogP) is 1.98. The van der Waals surface area contributed by atoms with Crippen LogP contribution >= 0.6 is 0 Å². The van der Waals surface area contributed by atoms with Crippen molar-refractivity contribution in [2.75, 3.05) is 6.54 Å². The highest BCUT2D eigenvalue weighted by Crippen LogP contribution is 2.24. The lowest BCUT2D eigenvalue weighted by atomic mass is 9.86. The summed E-state index contributed by atoms with van der Waals surface area (Å²) in [5.74, 6) is -0.576. The van der Waals surface area contributed by atoms with Crippen molar-refractivity contribution in [3.8, 4) is 0 Å². The molecule has 3 amide bonds. The summed E-state index contributed by atoms with van der Waals surface area (Å²) >= 11 is 0. The normalized spacial score (nSPS) is 24.3. The summed E-state index contributed by atoms with van der Waals surface area (Å²) in [5, 5.41) is 2.98. The molecule has 1 saturated carbocycles. The highest BCUT2D eigenvalue weighted by Gasteiger charge is 2.36. The number of carbonyl (C=O) groups is 3. The maximum atomic E-state index is 12.2. The molecule has 5 nitrogen and oxygen atoms in total. The van der Waals surface area contributed by atoms with E-state index in [1.165, 1.54) is 6.42 Å². The minimum Gasteiger partial charge on any atom is -0.352 e. The van der Waals surface area contributed by atoms with Gasteiger partial charge in [-0.15, -0.1) is 0 Å². The maximum absolute atomic E-state index is 12.2. The second-order valence-corrected chi connectivity index (χ2v) is 6.18. The quantitative estimate of drug-likeness (QED) is 0.868. The Morgan fingerprint density at radius 1 is 1.14 bits per heavy atom. The molecule has 5 heteroatoms. The van der Waals surface area contributed by atoms with Crippen LogP contribution in [0, 0.1) is 5.92 Å². The van der Waals surface area contributed by atoms with Gasteiger partial charge in [0.1, 0.15) is 6.54 Å². The molecule has 0 bridgehead atoms. The standard InChI is InChI=1S/C17H20N2O3/c1-11-6-2-5-9-14(11)18-15(20)10-19-16(21)12-7-3-4-8-13(12)17(19)22/h3-4,7-8,11,14H,2,5-6,9-10H2,1H3,(H,18,20)/t11-,14+/m0/s1. The highest BCUT2D eigenvalue weighted by molar-refractivity contribution is 6.22. The van der Waals surface area contributed by atoms with Crippen molar-refractivity contribution in [1.82, 2.24) is 10.2 Å².